The molecular formula is C15H25N3O2. The van der Waals surface area contributed by atoms with Gasteiger partial charge in [0.2, 0.25) is 0 Å². The van der Waals surface area contributed by atoms with E-state index in [9.17, 15) is 9.90 Å². The fourth-order valence-corrected chi connectivity index (χ4v) is 2.94. The second-order valence-corrected chi connectivity index (χ2v) is 6.64. The molecule has 0 saturated heterocycles. The zero-order chi connectivity index (χ0) is 14.8. The molecule has 2 rings (SSSR count). The molecule has 0 aliphatic heterocycles. The predicted molar refractivity (Wildman–Crippen MR) is 77.6 cm³/mol. The maximum atomic E-state index is 12.3. The van der Waals surface area contributed by atoms with Crippen LogP contribution in [0.2, 0.25) is 0 Å². The summed E-state index contributed by atoms with van der Waals surface area (Å²) in [5, 5.41) is 19.6. The summed E-state index contributed by atoms with van der Waals surface area (Å²) >= 11 is 0. The standard InChI is InChI=1S/C15H25N3O2/c1-10(19)8-15(2,3)9-16-14(20)13-11-6-4-5-7-12(11)17-18-13/h10,19H,4-9H2,1-3H3,(H,16,20)(H,17,18). The molecule has 0 radical (unpaired) electrons. The molecule has 1 aliphatic carbocycles. The Morgan fingerprint density at radius 1 is 1.45 bits per heavy atom. The molecule has 1 aromatic heterocycles. The molecule has 1 aromatic rings. The van der Waals surface area contributed by atoms with Crippen LogP contribution in [0, 0.1) is 5.41 Å². The van der Waals surface area contributed by atoms with Gasteiger partial charge in [-0.1, -0.05) is 13.8 Å². The summed E-state index contributed by atoms with van der Waals surface area (Å²) in [6, 6.07) is 0. The monoisotopic (exact) mass is 279 g/mol. The third-order valence-corrected chi connectivity index (χ3v) is 3.85. The fourth-order valence-electron chi connectivity index (χ4n) is 2.94. The van der Waals surface area contributed by atoms with Gasteiger partial charge in [-0.3, -0.25) is 9.89 Å². The van der Waals surface area contributed by atoms with Gasteiger partial charge in [0.25, 0.3) is 5.91 Å². The lowest BCUT2D eigenvalue weighted by atomic mass is 9.87. The number of aryl methyl sites for hydroxylation is 1. The average molecular weight is 279 g/mol. The van der Waals surface area contributed by atoms with Crippen LogP contribution < -0.4 is 5.32 Å². The van der Waals surface area contributed by atoms with Gasteiger partial charge in [0, 0.05) is 17.8 Å². The second kappa shape index (κ2) is 5.95. The van der Waals surface area contributed by atoms with Crippen LogP contribution in [0.25, 0.3) is 0 Å². The van der Waals surface area contributed by atoms with Crippen LogP contribution in [0.5, 0.6) is 0 Å². The van der Waals surface area contributed by atoms with E-state index in [0.717, 1.165) is 36.9 Å². The summed E-state index contributed by atoms with van der Waals surface area (Å²) in [6.07, 6.45) is 4.51. The maximum Gasteiger partial charge on any atom is 0.272 e. The molecule has 1 atom stereocenters. The number of hydrogen-bond donors (Lipinski definition) is 3. The van der Waals surface area contributed by atoms with Gasteiger partial charge in [-0.2, -0.15) is 5.10 Å². The Kier molecular flexibility index (Phi) is 4.48. The highest BCUT2D eigenvalue weighted by Crippen LogP contribution is 2.23. The van der Waals surface area contributed by atoms with Crippen molar-refractivity contribution in [2.24, 2.45) is 5.41 Å². The van der Waals surface area contributed by atoms with Crippen LogP contribution in [0.4, 0.5) is 0 Å². The summed E-state index contributed by atoms with van der Waals surface area (Å²) in [5.74, 6) is -0.108. The van der Waals surface area contributed by atoms with E-state index in [4.69, 9.17) is 0 Å². The molecule has 0 aromatic carbocycles. The van der Waals surface area contributed by atoms with E-state index in [0.29, 0.717) is 18.7 Å². The quantitative estimate of drug-likeness (QED) is 0.769. The molecule has 0 bridgehead atoms. The number of nitrogens with zero attached hydrogens (tertiary/aromatic N) is 1. The number of H-pyrrole nitrogens is 1. The highest BCUT2D eigenvalue weighted by molar-refractivity contribution is 5.94. The summed E-state index contributed by atoms with van der Waals surface area (Å²) in [6.45, 7) is 6.39. The summed E-state index contributed by atoms with van der Waals surface area (Å²) in [4.78, 5) is 12.3. The summed E-state index contributed by atoms with van der Waals surface area (Å²) in [7, 11) is 0. The van der Waals surface area contributed by atoms with E-state index >= 15 is 0 Å². The van der Waals surface area contributed by atoms with E-state index in [1.165, 1.54) is 0 Å². The van der Waals surface area contributed by atoms with Crippen molar-refractivity contribution in [1.29, 1.82) is 0 Å². The van der Waals surface area contributed by atoms with Crippen molar-refractivity contribution in [2.45, 2.75) is 59.0 Å². The fraction of sp³-hybridized carbons (Fsp3) is 0.733. The Hall–Kier alpha value is -1.36. The number of aliphatic hydroxyl groups is 1. The molecule has 1 unspecified atom stereocenters. The van der Waals surface area contributed by atoms with Crippen molar-refractivity contribution in [1.82, 2.24) is 15.5 Å². The molecule has 1 aliphatic rings. The first-order valence-electron chi connectivity index (χ1n) is 7.41. The van der Waals surface area contributed by atoms with Crippen molar-refractivity contribution >= 4 is 5.91 Å². The van der Waals surface area contributed by atoms with E-state index in [1.807, 2.05) is 13.8 Å². The molecule has 5 heteroatoms. The Labute approximate surface area is 120 Å². The Morgan fingerprint density at radius 3 is 2.85 bits per heavy atom. The van der Waals surface area contributed by atoms with Gasteiger partial charge in [0.15, 0.2) is 5.69 Å². The van der Waals surface area contributed by atoms with Crippen LogP contribution in [0.3, 0.4) is 0 Å². The second-order valence-electron chi connectivity index (χ2n) is 6.64. The van der Waals surface area contributed by atoms with Gasteiger partial charge < -0.3 is 10.4 Å². The number of rotatable bonds is 5. The van der Waals surface area contributed by atoms with Gasteiger partial charge in [0.1, 0.15) is 0 Å². The minimum atomic E-state index is -0.361. The van der Waals surface area contributed by atoms with Crippen LogP contribution in [-0.4, -0.2) is 33.9 Å². The number of aliphatic hydroxyl groups excluding tert-OH is 1. The van der Waals surface area contributed by atoms with Crippen molar-refractivity contribution in [3.8, 4) is 0 Å². The van der Waals surface area contributed by atoms with Crippen molar-refractivity contribution in [2.75, 3.05) is 6.54 Å². The number of nitrogens with one attached hydrogen (secondary N) is 2. The summed E-state index contributed by atoms with van der Waals surface area (Å²) < 4.78 is 0. The zero-order valence-electron chi connectivity index (χ0n) is 12.6. The van der Waals surface area contributed by atoms with Crippen LogP contribution >= 0.6 is 0 Å². The third kappa shape index (κ3) is 3.60. The largest absolute Gasteiger partial charge is 0.393 e. The molecule has 1 amide bonds. The maximum absolute atomic E-state index is 12.3. The topological polar surface area (TPSA) is 78.0 Å². The zero-order valence-corrected chi connectivity index (χ0v) is 12.6. The Bertz CT molecular complexity index is 477. The number of carbonyl (C=O) groups is 1. The van der Waals surface area contributed by atoms with Crippen molar-refractivity contribution < 1.29 is 9.90 Å². The number of amides is 1. The number of aromatic amines is 1. The molecule has 0 fully saturated rings. The van der Waals surface area contributed by atoms with Gasteiger partial charge in [-0.25, -0.2) is 0 Å². The van der Waals surface area contributed by atoms with Crippen LogP contribution in [0.15, 0.2) is 0 Å². The molecule has 5 nitrogen and oxygen atoms in total. The third-order valence-electron chi connectivity index (χ3n) is 3.85. The normalized spacial score (nSPS) is 16.6. The predicted octanol–water partition coefficient (Wildman–Crippen LogP) is 1.82. The lowest BCUT2D eigenvalue weighted by molar-refractivity contribution is 0.0896. The number of aromatic nitrogens is 2. The first-order chi connectivity index (χ1) is 9.39. The van der Waals surface area contributed by atoms with E-state index in [-0.39, 0.29) is 17.4 Å². The molecule has 0 spiro atoms. The SMILES string of the molecule is CC(O)CC(C)(C)CNC(=O)c1n[nH]c2c1CCCC2. The first-order valence-corrected chi connectivity index (χ1v) is 7.41. The van der Waals surface area contributed by atoms with Crippen LogP contribution in [0.1, 0.15) is 61.8 Å². The molecule has 0 saturated carbocycles. The number of carbonyl (C=O) groups excluding carboxylic acids is 1. The smallest absolute Gasteiger partial charge is 0.272 e. The van der Waals surface area contributed by atoms with Crippen molar-refractivity contribution in [3.63, 3.8) is 0 Å². The van der Waals surface area contributed by atoms with Crippen molar-refractivity contribution in [3.05, 3.63) is 17.0 Å². The minimum absolute atomic E-state index is 0.108. The molecule has 112 valence electrons. The van der Waals surface area contributed by atoms with Gasteiger partial charge in [-0.15, -0.1) is 0 Å². The van der Waals surface area contributed by atoms with E-state index < -0.39 is 0 Å². The number of hydrogen-bond acceptors (Lipinski definition) is 3. The van der Waals surface area contributed by atoms with E-state index in [2.05, 4.69) is 15.5 Å². The Balaban J connectivity index is 1.97. The average Bonchev–Trinajstić information content (AvgIpc) is 2.78. The highest BCUT2D eigenvalue weighted by Gasteiger charge is 2.25. The molecule has 1 heterocycles. The molecular weight excluding hydrogens is 254 g/mol. The lowest BCUT2D eigenvalue weighted by Crippen LogP contribution is -2.36. The van der Waals surface area contributed by atoms with Crippen LogP contribution in [-0.2, 0) is 12.8 Å². The number of fused-ring (bicyclic) bond motifs is 1. The van der Waals surface area contributed by atoms with Gasteiger partial charge in [0.05, 0.1) is 6.10 Å². The van der Waals surface area contributed by atoms with Gasteiger partial charge in [-0.05, 0) is 44.4 Å². The lowest BCUT2D eigenvalue weighted by Gasteiger charge is -2.26. The highest BCUT2D eigenvalue weighted by atomic mass is 16.3. The minimum Gasteiger partial charge on any atom is -0.393 e. The summed E-state index contributed by atoms with van der Waals surface area (Å²) in [5.41, 5.74) is 2.62. The Morgan fingerprint density at radius 2 is 2.15 bits per heavy atom. The molecule has 3 N–H and O–H groups in total. The van der Waals surface area contributed by atoms with E-state index in [1.54, 1.807) is 6.92 Å². The van der Waals surface area contributed by atoms with Gasteiger partial charge >= 0.3 is 0 Å². The first kappa shape index (κ1) is 15.0. The molecule has 20 heavy (non-hydrogen) atoms.